The Kier molecular flexibility index (Phi) is 6.13. The van der Waals surface area contributed by atoms with Crippen molar-refractivity contribution in [1.82, 2.24) is 10.2 Å². The van der Waals surface area contributed by atoms with Gasteiger partial charge in [0.2, 0.25) is 11.8 Å². The molecule has 1 atom stereocenters. The normalized spacial score (nSPS) is 11.8. The maximum atomic E-state index is 12.5. The average molecular weight is 383 g/mol. The number of hydrogen-bond acceptors (Lipinski definition) is 6. The third-order valence-electron chi connectivity index (χ3n) is 3.91. The third-order valence-corrected chi connectivity index (χ3v) is 4.84. The van der Waals surface area contributed by atoms with E-state index in [9.17, 15) is 4.79 Å². The standard InChI is InChI=1S/C20H21N3O3S/c1-13-9-10-17(25-3)16(11-13)21-19(24)14(2)27-20-23-22-18(26-20)12-15-7-5-4-6-8-15/h4-11,14H,12H2,1-3H3,(H,21,24)/t14-/m0/s1. The summed E-state index contributed by atoms with van der Waals surface area (Å²) in [6.45, 7) is 3.75. The van der Waals surface area contributed by atoms with E-state index in [2.05, 4.69) is 15.5 Å². The van der Waals surface area contributed by atoms with Crippen LogP contribution >= 0.6 is 11.8 Å². The Morgan fingerprint density at radius 1 is 1.22 bits per heavy atom. The second-order valence-electron chi connectivity index (χ2n) is 6.08. The van der Waals surface area contributed by atoms with Crippen molar-refractivity contribution < 1.29 is 13.9 Å². The first kappa shape index (κ1) is 19.0. The van der Waals surface area contributed by atoms with E-state index in [0.29, 0.717) is 29.0 Å². The summed E-state index contributed by atoms with van der Waals surface area (Å²) in [4.78, 5) is 12.5. The minimum absolute atomic E-state index is 0.160. The van der Waals surface area contributed by atoms with Gasteiger partial charge in [-0.25, -0.2) is 0 Å². The quantitative estimate of drug-likeness (QED) is 0.619. The first-order valence-corrected chi connectivity index (χ1v) is 9.41. The number of nitrogens with zero attached hydrogens (tertiary/aromatic N) is 2. The van der Waals surface area contributed by atoms with Gasteiger partial charge in [-0.1, -0.05) is 48.2 Å². The lowest BCUT2D eigenvalue weighted by Crippen LogP contribution is -2.22. The number of hydrogen-bond donors (Lipinski definition) is 1. The number of carbonyl (C=O) groups excluding carboxylic acids is 1. The predicted octanol–water partition coefficient (Wildman–Crippen LogP) is 4.10. The molecule has 0 aliphatic carbocycles. The number of aryl methyl sites for hydroxylation is 1. The fourth-order valence-corrected chi connectivity index (χ4v) is 3.19. The van der Waals surface area contributed by atoms with Gasteiger partial charge >= 0.3 is 0 Å². The van der Waals surface area contributed by atoms with Crippen molar-refractivity contribution in [2.45, 2.75) is 30.7 Å². The van der Waals surface area contributed by atoms with Crippen LogP contribution in [0.4, 0.5) is 5.69 Å². The number of anilines is 1. The highest BCUT2D eigenvalue weighted by Crippen LogP contribution is 2.28. The van der Waals surface area contributed by atoms with Crippen molar-refractivity contribution >= 4 is 23.4 Å². The zero-order valence-electron chi connectivity index (χ0n) is 15.4. The molecule has 3 rings (SSSR count). The number of methoxy groups -OCH3 is 1. The summed E-state index contributed by atoms with van der Waals surface area (Å²) in [7, 11) is 1.57. The van der Waals surface area contributed by atoms with E-state index in [4.69, 9.17) is 9.15 Å². The number of ether oxygens (including phenoxy) is 1. The fourth-order valence-electron chi connectivity index (χ4n) is 2.49. The molecule has 7 heteroatoms. The molecule has 1 heterocycles. The highest BCUT2D eigenvalue weighted by atomic mass is 32.2. The molecule has 6 nitrogen and oxygen atoms in total. The Labute approximate surface area is 162 Å². The molecular weight excluding hydrogens is 362 g/mol. The number of rotatable bonds is 7. The summed E-state index contributed by atoms with van der Waals surface area (Å²) in [6, 6.07) is 15.5. The minimum atomic E-state index is -0.403. The van der Waals surface area contributed by atoms with Gasteiger partial charge in [0, 0.05) is 0 Å². The highest BCUT2D eigenvalue weighted by Gasteiger charge is 2.19. The Balaban J connectivity index is 1.61. The monoisotopic (exact) mass is 383 g/mol. The maximum absolute atomic E-state index is 12.5. The van der Waals surface area contributed by atoms with Crippen LogP contribution in [0.25, 0.3) is 0 Å². The van der Waals surface area contributed by atoms with Gasteiger partial charge in [0.05, 0.1) is 24.5 Å². The number of nitrogens with one attached hydrogen (secondary N) is 1. The highest BCUT2D eigenvalue weighted by molar-refractivity contribution is 8.00. The van der Waals surface area contributed by atoms with Crippen molar-refractivity contribution in [2.75, 3.05) is 12.4 Å². The second-order valence-corrected chi connectivity index (χ2v) is 7.37. The summed E-state index contributed by atoms with van der Waals surface area (Å²) in [6.07, 6.45) is 0.565. The molecule has 140 valence electrons. The number of carbonyl (C=O) groups is 1. The summed E-state index contributed by atoms with van der Waals surface area (Å²) >= 11 is 1.23. The topological polar surface area (TPSA) is 77.2 Å². The van der Waals surface area contributed by atoms with Crippen LogP contribution in [0.5, 0.6) is 5.75 Å². The average Bonchev–Trinajstić information content (AvgIpc) is 3.09. The van der Waals surface area contributed by atoms with Crippen molar-refractivity contribution in [3.63, 3.8) is 0 Å². The molecule has 0 bridgehead atoms. The molecular formula is C20H21N3O3S. The summed E-state index contributed by atoms with van der Waals surface area (Å²) < 4.78 is 11.0. The molecule has 0 spiro atoms. The zero-order chi connectivity index (χ0) is 19.2. The third kappa shape index (κ3) is 5.10. The van der Waals surface area contributed by atoms with E-state index < -0.39 is 5.25 Å². The number of amides is 1. The van der Waals surface area contributed by atoms with Crippen LogP contribution in [0.2, 0.25) is 0 Å². The van der Waals surface area contributed by atoms with Crippen LogP contribution < -0.4 is 10.1 Å². The molecule has 0 fully saturated rings. The van der Waals surface area contributed by atoms with Crippen LogP contribution in [0, 0.1) is 6.92 Å². The molecule has 1 amide bonds. The van der Waals surface area contributed by atoms with Gasteiger partial charge in [0.25, 0.3) is 5.22 Å². The van der Waals surface area contributed by atoms with E-state index in [-0.39, 0.29) is 5.91 Å². The lowest BCUT2D eigenvalue weighted by molar-refractivity contribution is -0.115. The van der Waals surface area contributed by atoms with Crippen LogP contribution in [-0.4, -0.2) is 28.5 Å². The first-order valence-electron chi connectivity index (χ1n) is 8.53. The van der Waals surface area contributed by atoms with Gasteiger partial charge in [0.15, 0.2) is 0 Å². The molecule has 2 aromatic carbocycles. The van der Waals surface area contributed by atoms with Gasteiger partial charge in [-0.15, -0.1) is 10.2 Å². The lowest BCUT2D eigenvalue weighted by atomic mass is 10.2. The molecule has 1 aromatic heterocycles. The molecule has 0 saturated heterocycles. The molecule has 1 N–H and O–H groups in total. The molecule has 27 heavy (non-hydrogen) atoms. The Morgan fingerprint density at radius 3 is 2.74 bits per heavy atom. The Bertz CT molecular complexity index is 912. The van der Waals surface area contributed by atoms with E-state index >= 15 is 0 Å². The van der Waals surface area contributed by atoms with Crippen LogP contribution in [-0.2, 0) is 11.2 Å². The Morgan fingerprint density at radius 2 is 2.00 bits per heavy atom. The summed E-state index contributed by atoms with van der Waals surface area (Å²) in [5.74, 6) is 0.984. The van der Waals surface area contributed by atoms with Crippen molar-refractivity contribution in [2.24, 2.45) is 0 Å². The SMILES string of the molecule is COc1ccc(C)cc1NC(=O)[C@H](C)Sc1nnc(Cc2ccccc2)o1. The molecule has 0 unspecified atom stereocenters. The zero-order valence-corrected chi connectivity index (χ0v) is 16.2. The maximum Gasteiger partial charge on any atom is 0.277 e. The molecule has 0 aliphatic heterocycles. The molecule has 0 aliphatic rings. The van der Waals surface area contributed by atoms with Gasteiger partial charge in [-0.3, -0.25) is 4.79 Å². The predicted molar refractivity (Wildman–Crippen MR) is 105 cm³/mol. The van der Waals surface area contributed by atoms with Gasteiger partial charge in [-0.2, -0.15) is 0 Å². The summed E-state index contributed by atoms with van der Waals surface area (Å²) in [5.41, 5.74) is 2.77. The molecule has 0 radical (unpaired) electrons. The van der Waals surface area contributed by atoms with Crippen molar-refractivity contribution in [3.8, 4) is 5.75 Å². The number of benzene rings is 2. The van der Waals surface area contributed by atoms with Crippen LogP contribution in [0.1, 0.15) is 23.9 Å². The molecule has 3 aromatic rings. The first-order chi connectivity index (χ1) is 13.0. The summed E-state index contributed by atoms with van der Waals surface area (Å²) in [5, 5.41) is 11.0. The van der Waals surface area contributed by atoms with Gasteiger partial charge < -0.3 is 14.5 Å². The fraction of sp³-hybridized carbons (Fsp3) is 0.250. The van der Waals surface area contributed by atoms with Crippen LogP contribution in [0.3, 0.4) is 0 Å². The van der Waals surface area contributed by atoms with E-state index in [1.807, 2.05) is 55.5 Å². The van der Waals surface area contributed by atoms with Crippen molar-refractivity contribution in [3.05, 3.63) is 65.5 Å². The Hall–Kier alpha value is -2.80. The van der Waals surface area contributed by atoms with E-state index in [0.717, 1.165) is 11.1 Å². The van der Waals surface area contributed by atoms with Crippen LogP contribution in [0.15, 0.2) is 58.2 Å². The largest absolute Gasteiger partial charge is 0.495 e. The van der Waals surface area contributed by atoms with Crippen molar-refractivity contribution in [1.29, 1.82) is 0 Å². The minimum Gasteiger partial charge on any atom is -0.495 e. The van der Waals surface area contributed by atoms with E-state index in [1.54, 1.807) is 14.0 Å². The number of aromatic nitrogens is 2. The van der Waals surface area contributed by atoms with Gasteiger partial charge in [-0.05, 0) is 37.1 Å². The number of thioether (sulfide) groups is 1. The van der Waals surface area contributed by atoms with E-state index in [1.165, 1.54) is 11.8 Å². The lowest BCUT2D eigenvalue weighted by Gasteiger charge is -2.13. The molecule has 0 saturated carbocycles. The second kappa shape index (κ2) is 8.73. The van der Waals surface area contributed by atoms with Gasteiger partial charge in [0.1, 0.15) is 5.75 Å². The smallest absolute Gasteiger partial charge is 0.277 e.